The molecule has 1 saturated carbocycles. The first-order chi connectivity index (χ1) is 10.9. The van der Waals surface area contributed by atoms with E-state index < -0.39 is 10.0 Å². The Hall–Kier alpha value is -2.19. The van der Waals surface area contributed by atoms with Crippen molar-refractivity contribution in [3.63, 3.8) is 0 Å². The van der Waals surface area contributed by atoms with Crippen LogP contribution >= 0.6 is 0 Å². The molecule has 8 heteroatoms. The van der Waals surface area contributed by atoms with Crippen LogP contribution in [0.1, 0.15) is 40.6 Å². The van der Waals surface area contributed by atoms with Gasteiger partial charge < -0.3 is 9.73 Å². The molecule has 7 nitrogen and oxygen atoms in total. The highest BCUT2D eigenvalue weighted by Gasteiger charge is 2.32. The van der Waals surface area contributed by atoms with Gasteiger partial charge in [-0.2, -0.15) is 0 Å². The highest BCUT2D eigenvalue weighted by atomic mass is 32.2. The van der Waals surface area contributed by atoms with Crippen LogP contribution in [0.25, 0.3) is 0 Å². The Labute approximate surface area is 133 Å². The predicted molar refractivity (Wildman–Crippen MR) is 82.3 cm³/mol. The van der Waals surface area contributed by atoms with Crippen molar-refractivity contribution in [3.05, 3.63) is 47.7 Å². The molecule has 122 valence electrons. The number of benzene rings is 1. The summed E-state index contributed by atoms with van der Waals surface area (Å²) in [7, 11) is -3.68. The van der Waals surface area contributed by atoms with Crippen LogP contribution in [0.3, 0.4) is 0 Å². The lowest BCUT2D eigenvalue weighted by molar-refractivity contribution is 0.0947. The summed E-state index contributed by atoms with van der Waals surface area (Å²) in [6.45, 7) is 0.421. The number of primary sulfonamides is 1. The van der Waals surface area contributed by atoms with Crippen molar-refractivity contribution in [1.82, 2.24) is 10.3 Å². The monoisotopic (exact) mass is 335 g/mol. The quantitative estimate of drug-likeness (QED) is 0.822. The molecule has 0 saturated heterocycles. The number of nitrogens with one attached hydrogen (secondary N) is 1. The van der Waals surface area contributed by atoms with E-state index in [1.54, 1.807) is 12.1 Å². The van der Waals surface area contributed by atoms with Gasteiger partial charge in [-0.25, -0.2) is 18.5 Å². The van der Waals surface area contributed by atoms with Gasteiger partial charge in [0.25, 0.3) is 5.91 Å². The van der Waals surface area contributed by atoms with Crippen LogP contribution < -0.4 is 10.5 Å². The highest BCUT2D eigenvalue weighted by Crippen LogP contribution is 2.41. The van der Waals surface area contributed by atoms with Crippen LogP contribution in [0.15, 0.2) is 40.0 Å². The predicted octanol–water partition coefficient (Wildman–Crippen LogP) is 1.17. The van der Waals surface area contributed by atoms with Gasteiger partial charge in [-0.05, 0) is 37.0 Å². The van der Waals surface area contributed by atoms with Gasteiger partial charge in [0.15, 0.2) is 12.1 Å². The maximum Gasteiger partial charge on any atom is 0.273 e. The second kappa shape index (κ2) is 6.13. The molecule has 3 N–H and O–H groups in total. The van der Waals surface area contributed by atoms with Gasteiger partial charge in [-0.15, -0.1) is 0 Å². The summed E-state index contributed by atoms with van der Waals surface area (Å²) < 4.78 is 27.6. The van der Waals surface area contributed by atoms with Gasteiger partial charge in [0.1, 0.15) is 5.76 Å². The van der Waals surface area contributed by atoms with Gasteiger partial charge in [-0.1, -0.05) is 12.1 Å². The molecular formula is C15H17N3O4S. The Bertz CT molecular complexity index is 808. The average Bonchev–Trinajstić information content (AvgIpc) is 3.23. The molecule has 1 aromatic heterocycles. The Morgan fingerprint density at radius 2 is 2.00 bits per heavy atom. The molecular weight excluding hydrogens is 318 g/mol. The van der Waals surface area contributed by atoms with Crippen molar-refractivity contribution in [2.24, 2.45) is 5.14 Å². The van der Waals surface area contributed by atoms with Gasteiger partial charge in [-0.3, -0.25) is 4.79 Å². The smallest absolute Gasteiger partial charge is 0.273 e. The minimum Gasteiger partial charge on any atom is -0.447 e. The third-order valence-corrected chi connectivity index (χ3v) is 4.64. The number of nitrogens with two attached hydrogens (primary N) is 1. The summed E-state index contributed by atoms with van der Waals surface area (Å²) in [5, 5.41) is 7.84. The topological polar surface area (TPSA) is 115 Å². The van der Waals surface area contributed by atoms with Crippen LogP contribution in [-0.2, 0) is 16.4 Å². The summed E-state index contributed by atoms with van der Waals surface area (Å²) in [6.07, 6.45) is 3.94. The molecule has 0 spiro atoms. The zero-order valence-electron chi connectivity index (χ0n) is 12.4. The van der Waals surface area contributed by atoms with Gasteiger partial charge in [0, 0.05) is 12.5 Å². The van der Waals surface area contributed by atoms with Crippen molar-refractivity contribution < 1.29 is 17.6 Å². The van der Waals surface area contributed by atoms with E-state index in [9.17, 15) is 13.2 Å². The Morgan fingerprint density at radius 3 is 2.61 bits per heavy atom. The lowest BCUT2D eigenvalue weighted by atomic mass is 10.1. The lowest BCUT2D eigenvalue weighted by Crippen LogP contribution is -2.26. The first-order valence-corrected chi connectivity index (χ1v) is 8.83. The van der Waals surface area contributed by atoms with E-state index in [1.165, 1.54) is 18.5 Å². The summed E-state index contributed by atoms with van der Waals surface area (Å²) in [5.74, 6) is 0.741. The molecule has 1 amide bonds. The first kappa shape index (κ1) is 15.7. The van der Waals surface area contributed by atoms with Crippen molar-refractivity contribution in [1.29, 1.82) is 0 Å². The molecule has 1 aliphatic carbocycles. The standard InChI is InChI=1S/C15H17N3O4S/c16-23(20,21)12-5-1-10(2-6-12)7-8-17-15(19)13-14(11-3-4-11)22-9-18-13/h1-2,5-6,9,11H,3-4,7-8H2,(H,17,19)(H2,16,20,21). The number of aromatic nitrogens is 1. The zero-order valence-corrected chi connectivity index (χ0v) is 13.2. The van der Waals surface area contributed by atoms with Crippen molar-refractivity contribution in [2.75, 3.05) is 6.54 Å². The van der Waals surface area contributed by atoms with Gasteiger partial charge in [0.2, 0.25) is 10.0 Å². The number of oxazole rings is 1. The zero-order chi connectivity index (χ0) is 16.4. The van der Waals surface area contributed by atoms with Crippen LogP contribution in [0, 0.1) is 0 Å². The molecule has 3 rings (SSSR count). The Balaban J connectivity index is 1.55. The van der Waals surface area contributed by atoms with Crippen LogP contribution in [0.5, 0.6) is 0 Å². The minimum absolute atomic E-state index is 0.0713. The molecule has 0 bridgehead atoms. The van der Waals surface area contributed by atoms with E-state index in [0.29, 0.717) is 30.3 Å². The largest absolute Gasteiger partial charge is 0.447 e. The Morgan fingerprint density at radius 1 is 1.30 bits per heavy atom. The minimum atomic E-state index is -3.68. The molecule has 0 unspecified atom stereocenters. The van der Waals surface area contributed by atoms with Gasteiger partial charge >= 0.3 is 0 Å². The second-order valence-electron chi connectivity index (χ2n) is 5.53. The number of sulfonamides is 1. The third-order valence-electron chi connectivity index (χ3n) is 3.71. The van der Waals surface area contributed by atoms with Crippen molar-refractivity contribution in [3.8, 4) is 0 Å². The van der Waals surface area contributed by atoms with Gasteiger partial charge in [0.05, 0.1) is 4.90 Å². The van der Waals surface area contributed by atoms with E-state index in [0.717, 1.165) is 18.4 Å². The fourth-order valence-electron chi connectivity index (χ4n) is 2.31. The number of rotatable bonds is 6. The second-order valence-corrected chi connectivity index (χ2v) is 7.10. The molecule has 23 heavy (non-hydrogen) atoms. The van der Waals surface area contributed by atoms with E-state index in [4.69, 9.17) is 9.56 Å². The first-order valence-electron chi connectivity index (χ1n) is 7.28. The molecule has 0 atom stereocenters. The molecule has 0 radical (unpaired) electrons. The SMILES string of the molecule is NS(=O)(=O)c1ccc(CCNC(=O)c2ncoc2C2CC2)cc1. The highest BCUT2D eigenvalue weighted by molar-refractivity contribution is 7.89. The number of nitrogens with zero attached hydrogens (tertiary/aromatic N) is 1. The number of amides is 1. The summed E-state index contributed by atoms with van der Waals surface area (Å²) in [4.78, 5) is 16.2. The maximum atomic E-state index is 12.1. The van der Waals surface area contributed by atoms with Crippen molar-refractivity contribution in [2.45, 2.75) is 30.1 Å². The molecule has 1 aromatic carbocycles. The fourth-order valence-corrected chi connectivity index (χ4v) is 2.83. The summed E-state index contributed by atoms with van der Waals surface area (Å²) >= 11 is 0. The fraction of sp³-hybridized carbons (Fsp3) is 0.333. The number of hydrogen-bond donors (Lipinski definition) is 2. The number of carbonyl (C=O) groups is 1. The molecule has 1 aliphatic rings. The molecule has 0 aliphatic heterocycles. The normalized spacial score (nSPS) is 14.7. The van der Waals surface area contributed by atoms with E-state index in [-0.39, 0.29) is 10.8 Å². The maximum absolute atomic E-state index is 12.1. The van der Waals surface area contributed by atoms with Crippen LogP contribution in [-0.4, -0.2) is 25.9 Å². The summed E-state index contributed by atoms with van der Waals surface area (Å²) in [5.41, 5.74) is 1.26. The number of hydrogen-bond acceptors (Lipinski definition) is 5. The molecule has 2 aromatic rings. The van der Waals surface area contributed by atoms with E-state index in [2.05, 4.69) is 10.3 Å². The average molecular weight is 335 g/mol. The van der Waals surface area contributed by atoms with Crippen molar-refractivity contribution >= 4 is 15.9 Å². The van der Waals surface area contributed by atoms with E-state index >= 15 is 0 Å². The lowest BCUT2D eigenvalue weighted by Gasteiger charge is -2.05. The molecule has 1 fully saturated rings. The van der Waals surface area contributed by atoms with E-state index in [1.807, 2.05) is 0 Å². The van der Waals surface area contributed by atoms with Crippen LogP contribution in [0.4, 0.5) is 0 Å². The Kier molecular flexibility index (Phi) is 4.18. The molecule has 1 heterocycles. The number of carbonyl (C=O) groups excluding carboxylic acids is 1. The third kappa shape index (κ3) is 3.77. The summed E-state index contributed by atoms with van der Waals surface area (Å²) in [6, 6.07) is 6.26. The van der Waals surface area contributed by atoms with Crippen LogP contribution in [0.2, 0.25) is 0 Å².